The van der Waals surface area contributed by atoms with E-state index in [1.54, 1.807) is 0 Å². The number of nitrogens with one attached hydrogen (secondary N) is 1. The summed E-state index contributed by atoms with van der Waals surface area (Å²) in [7, 11) is 0. The number of fused-ring (bicyclic) bond motifs is 3. The molecule has 0 saturated carbocycles. The van der Waals surface area contributed by atoms with Crippen LogP contribution in [0.15, 0.2) is 40.9 Å². The van der Waals surface area contributed by atoms with E-state index in [4.69, 9.17) is 24.2 Å². The minimum atomic E-state index is 0.0679. The van der Waals surface area contributed by atoms with Gasteiger partial charge in [0.15, 0.2) is 5.75 Å². The number of piperazine rings is 1. The number of aromatic nitrogens is 2. The van der Waals surface area contributed by atoms with Crippen molar-refractivity contribution in [3.63, 3.8) is 0 Å². The molecule has 36 heavy (non-hydrogen) atoms. The van der Waals surface area contributed by atoms with Gasteiger partial charge in [-0.25, -0.2) is 0 Å². The molecule has 0 amide bonds. The maximum absolute atomic E-state index is 6.40. The summed E-state index contributed by atoms with van der Waals surface area (Å²) < 4.78 is 19.1. The van der Waals surface area contributed by atoms with Crippen LogP contribution in [-0.4, -0.2) is 54.5 Å². The Hall–Kier alpha value is -2.42. The Balaban J connectivity index is 0.00000130. The van der Waals surface area contributed by atoms with Crippen molar-refractivity contribution in [2.24, 2.45) is 0 Å². The van der Waals surface area contributed by atoms with E-state index in [1.165, 1.54) is 0 Å². The van der Waals surface area contributed by atoms with Gasteiger partial charge in [0.1, 0.15) is 24.0 Å². The fourth-order valence-electron chi connectivity index (χ4n) is 5.20. The first-order valence-corrected chi connectivity index (χ1v) is 13.9. The van der Waals surface area contributed by atoms with Crippen LogP contribution in [0.1, 0.15) is 44.2 Å². The van der Waals surface area contributed by atoms with Crippen LogP contribution in [0, 0.1) is 6.92 Å². The van der Waals surface area contributed by atoms with Crippen LogP contribution in [0.2, 0.25) is 0 Å². The number of anilines is 1. The van der Waals surface area contributed by atoms with Crippen molar-refractivity contribution in [1.82, 2.24) is 15.3 Å². The summed E-state index contributed by atoms with van der Waals surface area (Å²) >= 11 is 3.77. The molecule has 8 heteroatoms. The molecule has 4 heterocycles. The largest absolute Gasteiger partial charge is 0.485 e. The zero-order chi connectivity index (χ0) is 25.1. The van der Waals surface area contributed by atoms with Crippen LogP contribution in [0.5, 0.6) is 11.8 Å². The Kier molecular flexibility index (Phi) is 7.93. The Morgan fingerprint density at radius 1 is 1.14 bits per heavy atom. The highest BCUT2D eigenvalue weighted by atomic mass is 79.9. The molecule has 2 aromatic carbocycles. The van der Waals surface area contributed by atoms with E-state index >= 15 is 0 Å². The van der Waals surface area contributed by atoms with E-state index in [9.17, 15) is 0 Å². The molecule has 2 bridgehead atoms. The average molecular weight is 556 g/mol. The number of nitrogens with zero attached hydrogens (tertiary/aromatic N) is 3. The van der Waals surface area contributed by atoms with Gasteiger partial charge >= 0.3 is 6.01 Å². The van der Waals surface area contributed by atoms with Crippen molar-refractivity contribution in [1.29, 1.82) is 0 Å². The average Bonchev–Trinajstić information content (AvgIpc) is 3.55. The zero-order valence-corrected chi connectivity index (χ0v) is 22.9. The fraction of sp³-hybridized carbons (Fsp3) is 0.500. The number of rotatable bonds is 6. The Morgan fingerprint density at radius 2 is 1.92 bits per heavy atom. The van der Waals surface area contributed by atoms with Crippen molar-refractivity contribution in [3.05, 3.63) is 52.0 Å². The first kappa shape index (κ1) is 25.2. The van der Waals surface area contributed by atoms with Gasteiger partial charge < -0.3 is 24.4 Å². The number of hydrogen-bond acceptors (Lipinski definition) is 7. The fourth-order valence-corrected chi connectivity index (χ4v) is 5.62. The number of aryl methyl sites for hydroxylation is 1. The van der Waals surface area contributed by atoms with Gasteiger partial charge in [0.05, 0.1) is 17.7 Å². The standard InChI is InChI=1S/C26H29BrN4O3.C2H6/c1-16-11-21-23(24(22(16)27)33-15-17-5-3-2-4-6-17)29-26(34-20-7-9-32-10-8-20)30-25(21)31-14-18-12-19(31)13-28-18;1-2/h2-6,11,18-20,28H,7-10,12-15H2,1H3;1-2H3. The van der Waals surface area contributed by atoms with E-state index < -0.39 is 0 Å². The molecule has 0 spiro atoms. The Labute approximate surface area is 221 Å². The molecule has 2 atom stereocenters. The van der Waals surface area contributed by atoms with Gasteiger partial charge in [-0.05, 0) is 46.5 Å². The maximum Gasteiger partial charge on any atom is 0.319 e. The normalized spacial score (nSPS) is 21.4. The highest BCUT2D eigenvalue weighted by Gasteiger charge is 2.39. The molecule has 0 aliphatic carbocycles. The van der Waals surface area contributed by atoms with E-state index in [-0.39, 0.29) is 6.10 Å². The lowest BCUT2D eigenvalue weighted by Crippen LogP contribution is -2.44. The highest BCUT2D eigenvalue weighted by molar-refractivity contribution is 9.10. The minimum absolute atomic E-state index is 0.0679. The topological polar surface area (TPSA) is 68.7 Å². The van der Waals surface area contributed by atoms with Crippen molar-refractivity contribution < 1.29 is 14.2 Å². The Morgan fingerprint density at radius 3 is 2.61 bits per heavy atom. The minimum Gasteiger partial charge on any atom is -0.485 e. The summed E-state index contributed by atoms with van der Waals surface area (Å²) in [5.74, 6) is 1.68. The van der Waals surface area contributed by atoms with Gasteiger partial charge in [-0.3, -0.25) is 0 Å². The predicted octanol–water partition coefficient (Wildman–Crippen LogP) is 5.41. The molecule has 192 valence electrons. The molecular formula is C28H35BrN4O3. The second-order valence-corrected chi connectivity index (χ2v) is 10.2. The van der Waals surface area contributed by atoms with Gasteiger partial charge in [-0.15, -0.1) is 0 Å². The SMILES string of the molecule is CC.Cc1cc2c(N3CC4CC3CN4)nc(OC3CCOCC3)nc2c(OCc2ccccc2)c1Br. The molecule has 3 saturated heterocycles. The second-order valence-electron chi connectivity index (χ2n) is 9.41. The van der Waals surface area contributed by atoms with Crippen molar-refractivity contribution in [2.45, 2.75) is 64.8 Å². The van der Waals surface area contributed by atoms with Gasteiger partial charge in [0.2, 0.25) is 0 Å². The van der Waals surface area contributed by atoms with Crippen molar-refractivity contribution in [2.75, 3.05) is 31.2 Å². The molecule has 3 fully saturated rings. The summed E-state index contributed by atoms with van der Waals surface area (Å²) in [5, 5.41) is 4.60. The highest BCUT2D eigenvalue weighted by Crippen LogP contribution is 2.42. The summed E-state index contributed by atoms with van der Waals surface area (Å²) in [5.41, 5.74) is 3.00. The first-order chi connectivity index (χ1) is 17.7. The molecule has 3 aliphatic rings. The smallest absolute Gasteiger partial charge is 0.319 e. The van der Waals surface area contributed by atoms with Crippen LogP contribution < -0.4 is 19.7 Å². The van der Waals surface area contributed by atoms with Crippen LogP contribution in [0.3, 0.4) is 0 Å². The Bertz CT molecular complexity index is 1190. The maximum atomic E-state index is 6.40. The molecule has 3 aromatic rings. The quantitative estimate of drug-likeness (QED) is 0.436. The van der Waals surface area contributed by atoms with Gasteiger partial charge in [0.25, 0.3) is 0 Å². The second kappa shape index (κ2) is 11.3. The predicted molar refractivity (Wildman–Crippen MR) is 146 cm³/mol. The third-order valence-electron chi connectivity index (χ3n) is 7.02. The van der Waals surface area contributed by atoms with Crippen LogP contribution in [0.4, 0.5) is 5.82 Å². The molecule has 6 rings (SSSR count). The van der Waals surface area contributed by atoms with Gasteiger partial charge in [-0.2, -0.15) is 9.97 Å². The lowest BCUT2D eigenvalue weighted by Gasteiger charge is -2.30. The van der Waals surface area contributed by atoms with Crippen molar-refractivity contribution in [3.8, 4) is 11.8 Å². The summed E-state index contributed by atoms with van der Waals surface area (Å²) in [6, 6.07) is 13.8. The molecule has 1 aromatic heterocycles. The van der Waals surface area contributed by atoms with E-state index in [0.29, 0.717) is 37.9 Å². The van der Waals surface area contributed by atoms with Crippen molar-refractivity contribution >= 4 is 32.7 Å². The number of halogens is 1. The number of hydrogen-bond donors (Lipinski definition) is 1. The lowest BCUT2D eigenvalue weighted by molar-refractivity contribution is 0.0219. The lowest BCUT2D eigenvalue weighted by atomic mass is 10.1. The number of ether oxygens (including phenoxy) is 3. The third-order valence-corrected chi connectivity index (χ3v) is 8.01. The van der Waals surface area contributed by atoms with Crippen LogP contribution in [0.25, 0.3) is 10.9 Å². The molecule has 0 radical (unpaired) electrons. The van der Waals surface area contributed by atoms with Gasteiger partial charge in [0, 0.05) is 43.4 Å². The molecule has 3 aliphatic heterocycles. The van der Waals surface area contributed by atoms with Gasteiger partial charge in [-0.1, -0.05) is 44.2 Å². The van der Waals surface area contributed by atoms with E-state index in [0.717, 1.165) is 70.4 Å². The van der Waals surface area contributed by atoms with E-state index in [1.807, 2.05) is 32.0 Å². The third kappa shape index (κ3) is 5.17. The number of benzene rings is 2. The van der Waals surface area contributed by atoms with E-state index in [2.05, 4.69) is 51.3 Å². The first-order valence-electron chi connectivity index (χ1n) is 13.1. The molecular weight excluding hydrogens is 520 g/mol. The molecule has 1 N–H and O–H groups in total. The zero-order valence-electron chi connectivity index (χ0n) is 21.3. The summed E-state index contributed by atoms with van der Waals surface area (Å²) in [4.78, 5) is 12.3. The van der Waals surface area contributed by atoms with Crippen LogP contribution in [-0.2, 0) is 11.3 Å². The monoisotopic (exact) mass is 554 g/mol. The summed E-state index contributed by atoms with van der Waals surface area (Å²) in [6.07, 6.45) is 2.92. The molecule has 7 nitrogen and oxygen atoms in total. The molecule has 2 unspecified atom stereocenters. The summed E-state index contributed by atoms with van der Waals surface area (Å²) in [6.45, 7) is 9.91. The van der Waals surface area contributed by atoms with Crippen LogP contribution >= 0.6 is 15.9 Å².